The summed E-state index contributed by atoms with van der Waals surface area (Å²) in [5, 5.41) is 0. The molecule has 0 N–H and O–H groups in total. The van der Waals surface area contributed by atoms with E-state index < -0.39 is 0 Å². The van der Waals surface area contributed by atoms with Gasteiger partial charge in [0.15, 0.2) is 5.78 Å². The Kier molecular flexibility index (Phi) is 2.34. The molecule has 1 heteroatoms. The number of Topliss-reactive ketones (excluding diaryl/α,β-unsaturated/α-hetero) is 1. The van der Waals surface area contributed by atoms with Crippen LogP contribution in [0, 0.1) is 5.92 Å². The molecule has 2 rings (SSSR count). The molecule has 0 saturated carbocycles. The van der Waals surface area contributed by atoms with Crippen LogP contribution < -0.4 is 0 Å². The molecular weight excluding hydrogens is 160 g/mol. The summed E-state index contributed by atoms with van der Waals surface area (Å²) in [6, 6.07) is 0. The summed E-state index contributed by atoms with van der Waals surface area (Å²) in [5.74, 6) is 0.932. The maximum absolute atomic E-state index is 11.6. The van der Waals surface area contributed by atoms with E-state index in [-0.39, 0.29) is 0 Å². The number of hydrogen-bond donors (Lipinski definition) is 0. The van der Waals surface area contributed by atoms with Crippen molar-refractivity contribution in [3.05, 3.63) is 23.8 Å². The van der Waals surface area contributed by atoms with Crippen molar-refractivity contribution in [1.29, 1.82) is 0 Å². The predicted octanol–water partition coefficient (Wildman–Crippen LogP) is 3.02. The first-order chi connectivity index (χ1) is 6.33. The zero-order valence-electron chi connectivity index (χ0n) is 8.01. The highest BCUT2D eigenvalue weighted by molar-refractivity contribution is 5.99. The minimum Gasteiger partial charge on any atom is -0.295 e. The molecule has 2 aliphatic carbocycles. The smallest absolute Gasteiger partial charge is 0.159 e. The Balaban J connectivity index is 2.22. The molecule has 2 aliphatic rings. The topological polar surface area (TPSA) is 17.1 Å². The fourth-order valence-corrected chi connectivity index (χ4v) is 2.59. The molecule has 0 spiro atoms. The van der Waals surface area contributed by atoms with Gasteiger partial charge >= 0.3 is 0 Å². The molecule has 1 unspecified atom stereocenters. The Morgan fingerprint density at radius 2 is 2.15 bits per heavy atom. The van der Waals surface area contributed by atoms with Crippen molar-refractivity contribution in [2.24, 2.45) is 5.92 Å². The van der Waals surface area contributed by atoms with Crippen LogP contribution in [0.3, 0.4) is 0 Å². The van der Waals surface area contributed by atoms with Crippen molar-refractivity contribution in [3.8, 4) is 0 Å². The third kappa shape index (κ3) is 1.48. The predicted molar refractivity (Wildman–Crippen MR) is 53.4 cm³/mol. The number of allylic oxidation sites excluding steroid dienone is 3. The molecular formula is C12H16O. The van der Waals surface area contributed by atoms with Gasteiger partial charge in [-0.2, -0.15) is 0 Å². The molecule has 0 bridgehead atoms. The molecule has 13 heavy (non-hydrogen) atoms. The second-order valence-corrected chi connectivity index (χ2v) is 4.06. The molecule has 1 nitrogen and oxygen atoms in total. The first kappa shape index (κ1) is 8.74. The fraction of sp³-hybridized carbons (Fsp3) is 0.583. The van der Waals surface area contributed by atoms with Crippen molar-refractivity contribution in [2.45, 2.75) is 38.5 Å². The number of hydrogen-bond acceptors (Lipinski definition) is 1. The summed E-state index contributed by atoms with van der Waals surface area (Å²) in [6.45, 7) is 3.75. The molecule has 0 heterocycles. The van der Waals surface area contributed by atoms with Gasteiger partial charge in [0.05, 0.1) is 0 Å². The standard InChI is InChI=1S/C12H16O/c1-2-5-9-8-12(13)11-7-4-3-6-10(9)11/h2,9H,1,3-8H2. The molecule has 0 radical (unpaired) electrons. The zero-order chi connectivity index (χ0) is 9.26. The molecule has 0 aromatic carbocycles. The summed E-state index contributed by atoms with van der Waals surface area (Å²) >= 11 is 0. The maximum Gasteiger partial charge on any atom is 0.159 e. The molecule has 0 aliphatic heterocycles. The number of carbonyl (C=O) groups is 1. The molecule has 0 aromatic rings. The van der Waals surface area contributed by atoms with Gasteiger partial charge in [-0.1, -0.05) is 11.6 Å². The monoisotopic (exact) mass is 176 g/mol. The lowest BCUT2D eigenvalue weighted by Gasteiger charge is -2.16. The number of rotatable bonds is 2. The van der Waals surface area contributed by atoms with Gasteiger partial charge in [-0.15, -0.1) is 6.58 Å². The first-order valence-corrected chi connectivity index (χ1v) is 5.19. The summed E-state index contributed by atoms with van der Waals surface area (Å²) in [6.07, 6.45) is 8.40. The van der Waals surface area contributed by atoms with Crippen molar-refractivity contribution < 1.29 is 4.79 Å². The van der Waals surface area contributed by atoms with Crippen molar-refractivity contribution in [3.63, 3.8) is 0 Å². The minimum absolute atomic E-state index is 0.418. The minimum atomic E-state index is 0.418. The summed E-state index contributed by atoms with van der Waals surface area (Å²) in [7, 11) is 0. The third-order valence-corrected chi connectivity index (χ3v) is 3.22. The fourth-order valence-electron chi connectivity index (χ4n) is 2.59. The van der Waals surface area contributed by atoms with E-state index in [0.29, 0.717) is 11.7 Å². The maximum atomic E-state index is 11.6. The Morgan fingerprint density at radius 3 is 2.92 bits per heavy atom. The summed E-state index contributed by atoms with van der Waals surface area (Å²) in [5.41, 5.74) is 2.65. The van der Waals surface area contributed by atoms with Gasteiger partial charge in [-0.3, -0.25) is 4.79 Å². The Bertz CT molecular complexity index is 273. The second kappa shape index (κ2) is 3.49. The molecule has 1 atom stereocenters. The highest BCUT2D eigenvalue weighted by atomic mass is 16.1. The van der Waals surface area contributed by atoms with Crippen LogP contribution in [0.15, 0.2) is 23.8 Å². The Morgan fingerprint density at radius 1 is 1.38 bits per heavy atom. The Labute approximate surface area is 79.5 Å². The van der Waals surface area contributed by atoms with Crippen LogP contribution in [-0.4, -0.2) is 5.78 Å². The molecule has 0 fully saturated rings. The van der Waals surface area contributed by atoms with Crippen LogP contribution in [-0.2, 0) is 4.79 Å². The van der Waals surface area contributed by atoms with E-state index in [1.54, 1.807) is 0 Å². The highest BCUT2D eigenvalue weighted by Gasteiger charge is 2.31. The lowest BCUT2D eigenvalue weighted by Crippen LogP contribution is -2.02. The number of ketones is 1. The van der Waals surface area contributed by atoms with E-state index in [1.165, 1.54) is 30.4 Å². The molecule has 0 aromatic heterocycles. The third-order valence-electron chi connectivity index (χ3n) is 3.22. The van der Waals surface area contributed by atoms with Crippen LogP contribution >= 0.6 is 0 Å². The zero-order valence-corrected chi connectivity index (χ0v) is 8.01. The normalized spacial score (nSPS) is 27.7. The molecule has 70 valence electrons. The van der Waals surface area contributed by atoms with Gasteiger partial charge < -0.3 is 0 Å². The molecule has 0 amide bonds. The number of carbonyl (C=O) groups excluding carboxylic acids is 1. The van der Waals surface area contributed by atoms with Crippen molar-refractivity contribution in [2.75, 3.05) is 0 Å². The van der Waals surface area contributed by atoms with Gasteiger partial charge in [-0.25, -0.2) is 0 Å². The van der Waals surface area contributed by atoms with Gasteiger partial charge in [0.25, 0.3) is 0 Å². The second-order valence-electron chi connectivity index (χ2n) is 4.06. The van der Waals surface area contributed by atoms with Crippen LogP contribution in [0.5, 0.6) is 0 Å². The SMILES string of the molecule is C=CCC1CC(=O)C2=C1CCCC2. The lowest BCUT2D eigenvalue weighted by atomic mass is 9.88. The molecule has 0 saturated heterocycles. The van der Waals surface area contributed by atoms with E-state index in [2.05, 4.69) is 6.58 Å². The van der Waals surface area contributed by atoms with Gasteiger partial charge in [0, 0.05) is 6.42 Å². The van der Waals surface area contributed by atoms with Crippen LogP contribution in [0.4, 0.5) is 0 Å². The van der Waals surface area contributed by atoms with E-state index in [0.717, 1.165) is 19.3 Å². The van der Waals surface area contributed by atoms with E-state index >= 15 is 0 Å². The van der Waals surface area contributed by atoms with Crippen LogP contribution in [0.1, 0.15) is 38.5 Å². The largest absolute Gasteiger partial charge is 0.295 e. The highest BCUT2D eigenvalue weighted by Crippen LogP contribution is 2.40. The quantitative estimate of drug-likeness (QED) is 0.591. The van der Waals surface area contributed by atoms with E-state index in [1.807, 2.05) is 6.08 Å². The van der Waals surface area contributed by atoms with Crippen LogP contribution in [0.2, 0.25) is 0 Å². The average Bonchev–Trinajstić information content (AvgIpc) is 2.46. The summed E-state index contributed by atoms with van der Waals surface area (Å²) in [4.78, 5) is 11.6. The summed E-state index contributed by atoms with van der Waals surface area (Å²) < 4.78 is 0. The van der Waals surface area contributed by atoms with Gasteiger partial charge in [0.1, 0.15) is 0 Å². The van der Waals surface area contributed by atoms with E-state index in [4.69, 9.17) is 0 Å². The lowest BCUT2D eigenvalue weighted by molar-refractivity contribution is -0.115. The van der Waals surface area contributed by atoms with Crippen molar-refractivity contribution >= 4 is 5.78 Å². The van der Waals surface area contributed by atoms with Crippen molar-refractivity contribution in [1.82, 2.24) is 0 Å². The van der Waals surface area contributed by atoms with Crippen LogP contribution in [0.25, 0.3) is 0 Å². The first-order valence-electron chi connectivity index (χ1n) is 5.19. The average molecular weight is 176 g/mol. The van der Waals surface area contributed by atoms with Gasteiger partial charge in [0.2, 0.25) is 0 Å². The Hall–Kier alpha value is -0.850. The van der Waals surface area contributed by atoms with E-state index in [9.17, 15) is 4.79 Å². The van der Waals surface area contributed by atoms with Gasteiger partial charge in [-0.05, 0) is 43.6 Å².